The van der Waals surface area contributed by atoms with Gasteiger partial charge in [-0.05, 0) is 0 Å². The highest BCUT2D eigenvalue weighted by molar-refractivity contribution is 7.19. The van der Waals surface area contributed by atoms with Crippen LogP contribution in [-0.4, -0.2) is 21.7 Å². The van der Waals surface area contributed by atoms with Crippen molar-refractivity contribution in [3.05, 3.63) is 17.9 Å². The second-order valence-corrected chi connectivity index (χ2v) is 4.04. The van der Waals surface area contributed by atoms with Gasteiger partial charge in [0.1, 0.15) is 5.00 Å². The van der Waals surface area contributed by atoms with Crippen molar-refractivity contribution in [2.75, 3.05) is 17.6 Å². The first-order valence-electron chi connectivity index (χ1n) is 4.48. The lowest BCUT2D eigenvalue weighted by molar-refractivity contribution is 0.387. The molecule has 80 valence electrons. The zero-order valence-corrected chi connectivity index (χ0v) is 9.04. The second-order valence-electron chi connectivity index (χ2n) is 2.97. The van der Waals surface area contributed by atoms with E-state index >= 15 is 0 Å². The predicted octanol–water partition coefficient (Wildman–Crippen LogP) is 1.07. The molecule has 0 aliphatic heterocycles. The maximum absolute atomic E-state index is 5.54. The molecule has 0 bridgehead atoms. The zero-order chi connectivity index (χ0) is 10.7. The van der Waals surface area contributed by atoms with E-state index in [1.165, 1.54) is 11.3 Å². The number of thiazole rings is 1. The minimum Gasteiger partial charge on any atom is -0.389 e. The summed E-state index contributed by atoms with van der Waals surface area (Å²) in [6.07, 6.45) is 2.34. The maximum Gasteiger partial charge on any atom is 0.223 e. The van der Waals surface area contributed by atoms with Crippen LogP contribution < -0.4 is 11.1 Å². The van der Waals surface area contributed by atoms with Crippen LogP contribution in [0.4, 0.5) is 10.1 Å². The Morgan fingerprint density at radius 3 is 3.07 bits per heavy atom. The lowest BCUT2D eigenvalue weighted by atomic mass is 10.4. The quantitative estimate of drug-likeness (QED) is 0.809. The van der Waals surface area contributed by atoms with Crippen LogP contribution in [0.25, 0.3) is 0 Å². The van der Waals surface area contributed by atoms with E-state index in [9.17, 15) is 0 Å². The number of hydrogen-bond donors (Lipinski definition) is 2. The van der Waals surface area contributed by atoms with Crippen LogP contribution in [0.2, 0.25) is 0 Å². The lowest BCUT2D eigenvalue weighted by Gasteiger charge is -1.97. The first-order valence-corrected chi connectivity index (χ1v) is 5.30. The molecule has 7 heteroatoms. The van der Waals surface area contributed by atoms with E-state index in [0.717, 1.165) is 5.13 Å². The van der Waals surface area contributed by atoms with E-state index in [-0.39, 0.29) is 0 Å². The Bertz CT molecular complexity index is 397. The molecule has 0 saturated carbocycles. The Balaban J connectivity index is 1.80. The molecule has 3 N–H and O–H groups in total. The fourth-order valence-electron chi connectivity index (χ4n) is 1.09. The number of aryl methyl sites for hydroxylation is 1. The third-order valence-corrected chi connectivity index (χ3v) is 2.50. The molecule has 15 heavy (non-hydrogen) atoms. The average Bonchev–Trinajstić information content (AvgIpc) is 2.76. The number of anilines is 2. The summed E-state index contributed by atoms with van der Waals surface area (Å²) in [5.74, 6) is 1.29. The third-order valence-electron chi connectivity index (χ3n) is 1.72. The summed E-state index contributed by atoms with van der Waals surface area (Å²) in [6.45, 7) is 2.48. The monoisotopic (exact) mass is 225 g/mol. The highest BCUT2D eigenvalue weighted by atomic mass is 32.1. The molecule has 0 radical (unpaired) electrons. The summed E-state index contributed by atoms with van der Waals surface area (Å²) in [5.41, 5.74) is 5.54. The fraction of sp³-hybridized carbons (Fsp3) is 0.375. The molecule has 0 aromatic carbocycles. The highest BCUT2D eigenvalue weighted by Crippen LogP contribution is 2.19. The summed E-state index contributed by atoms with van der Waals surface area (Å²) in [6, 6.07) is 0. The highest BCUT2D eigenvalue weighted by Gasteiger charge is 2.02. The summed E-state index contributed by atoms with van der Waals surface area (Å²) in [5, 5.41) is 8.43. The van der Waals surface area contributed by atoms with Gasteiger partial charge in [-0.25, -0.2) is 4.98 Å². The number of nitrogens with one attached hydrogen (secondary N) is 1. The van der Waals surface area contributed by atoms with Crippen LogP contribution in [0.5, 0.6) is 0 Å². The van der Waals surface area contributed by atoms with Gasteiger partial charge in [0.25, 0.3) is 0 Å². The molecular formula is C8H11N5OS. The van der Waals surface area contributed by atoms with Crippen molar-refractivity contribution in [3.8, 4) is 0 Å². The number of nitrogens with two attached hydrogens (primary N) is 1. The Morgan fingerprint density at radius 2 is 2.47 bits per heavy atom. The van der Waals surface area contributed by atoms with Crippen LogP contribution >= 0.6 is 11.3 Å². The molecule has 0 unspecified atom stereocenters. The van der Waals surface area contributed by atoms with Crippen molar-refractivity contribution >= 4 is 21.5 Å². The Hall–Kier alpha value is -1.63. The molecule has 2 aromatic heterocycles. The molecule has 2 rings (SSSR count). The Kier molecular flexibility index (Phi) is 2.82. The number of nitrogen functional groups attached to an aromatic ring is 1. The summed E-state index contributed by atoms with van der Waals surface area (Å²) in [7, 11) is 0. The van der Waals surface area contributed by atoms with Gasteiger partial charge in [0.05, 0.1) is 6.20 Å². The van der Waals surface area contributed by atoms with Gasteiger partial charge in [-0.1, -0.05) is 16.5 Å². The van der Waals surface area contributed by atoms with Crippen molar-refractivity contribution < 1.29 is 4.52 Å². The van der Waals surface area contributed by atoms with E-state index in [1.54, 1.807) is 13.1 Å². The minimum atomic E-state index is 0.587. The van der Waals surface area contributed by atoms with Gasteiger partial charge in [0.2, 0.25) is 5.89 Å². The van der Waals surface area contributed by atoms with E-state index < -0.39 is 0 Å². The van der Waals surface area contributed by atoms with E-state index in [0.29, 0.717) is 29.7 Å². The SMILES string of the molecule is Cc1nc(CCNc2ncc(N)s2)no1. The maximum atomic E-state index is 5.54. The first kappa shape index (κ1) is 9.91. The normalized spacial score (nSPS) is 10.5. The fourth-order valence-corrected chi connectivity index (χ4v) is 1.70. The summed E-state index contributed by atoms with van der Waals surface area (Å²) >= 11 is 1.42. The van der Waals surface area contributed by atoms with Crippen LogP contribution in [0.1, 0.15) is 11.7 Å². The summed E-state index contributed by atoms with van der Waals surface area (Å²) < 4.78 is 4.85. The van der Waals surface area contributed by atoms with Gasteiger partial charge in [-0.15, -0.1) is 0 Å². The molecule has 0 aliphatic carbocycles. The minimum absolute atomic E-state index is 0.587. The van der Waals surface area contributed by atoms with Crippen LogP contribution in [-0.2, 0) is 6.42 Å². The van der Waals surface area contributed by atoms with Gasteiger partial charge in [-0.2, -0.15) is 4.98 Å². The van der Waals surface area contributed by atoms with Crippen molar-refractivity contribution in [3.63, 3.8) is 0 Å². The molecule has 0 saturated heterocycles. The van der Waals surface area contributed by atoms with Crippen molar-refractivity contribution in [2.24, 2.45) is 0 Å². The number of nitrogens with zero attached hydrogens (tertiary/aromatic N) is 3. The van der Waals surface area contributed by atoms with Gasteiger partial charge >= 0.3 is 0 Å². The lowest BCUT2D eigenvalue weighted by Crippen LogP contribution is -2.05. The molecule has 0 atom stereocenters. The molecule has 0 fully saturated rings. The Morgan fingerprint density at radius 1 is 1.60 bits per heavy atom. The number of rotatable bonds is 4. The van der Waals surface area contributed by atoms with Gasteiger partial charge in [0.15, 0.2) is 11.0 Å². The molecule has 2 heterocycles. The van der Waals surface area contributed by atoms with Crippen LogP contribution in [0, 0.1) is 6.92 Å². The molecular weight excluding hydrogens is 214 g/mol. The van der Waals surface area contributed by atoms with Crippen LogP contribution in [0.3, 0.4) is 0 Å². The zero-order valence-electron chi connectivity index (χ0n) is 8.23. The van der Waals surface area contributed by atoms with Gasteiger partial charge in [0, 0.05) is 19.9 Å². The molecule has 0 aliphatic rings. The Labute approximate surface area is 90.5 Å². The van der Waals surface area contributed by atoms with E-state index in [1.807, 2.05) is 0 Å². The van der Waals surface area contributed by atoms with Gasteiger partial charge < -0.3 is 15.6 Å². The number of aromatic nitrogens is 3. The van der Waals surface area contributed by atoms with Crippen molar-refractivity contribution in [1.82, 2.24) is 15.1 Å². The molecule has 2 aromatic rings. The number of hydrogen-bond acceptors (Lipinski definition) is 7. The van der Waals surface area contributed by atoms with Crippen LogP contribution in [0.15, 0.2) is 10.7 Å². The second kappa shape index (κ2) is 4.26. The third kappa shape index (κ3) is 2.66. The summed E-state index contributed by atoms with van der Waals surface area (Å²) in [4.78, 5) is 8.16. The van der Waals surface area contributed by atoms with E-state index in [4.69, 9.17) is 10.3 Å². The van der Waals surface area contributed by atoms with Crippen molar-refractivity contribution in [2.45, 2.75) is 13.3 Å². The standard InChI is InChI=1S/C8H11N5OS/c1-5-12-7(13-14-5)2-3-10-8-11-4-6(9)15-8/h4H,2-3,9H2,1H3,(H,10,11). The molecule has 0 spiro atoms. The predicted molar refractivity (Wildman–Crippen MR) is 57.8 cm³/mol. The molecule has 0 amide bonds. The molecule has 6 nitrogen and oxygen atoms in total. The topological polar surface area (TPSA) is 89.9 Å². The first-order chi connectivity index (χ1) is 7.24. The largest absolute Gasteiger partial charge is 0.389 e. The van der Waals surface area contributed by atoms with Crippen molar-refractivity contribution in [1.29, 1.82) is 0 Å². The van der Waals surface area contributed by atoms with Gasteiger partial charge in [-0.3, -0.25) is 0 Å². The average molecular weight is 225 g/mol. The van der Waals surface area contributed by atoms with E-state index in [2.05, 4.69) is 20.4 Å². The smallest absolute Gasteiger partial charge is 0.223 e.